The molecule has 3 aromatic rings. The molecule has 0 aliphatic carbocycles. The van der Waals surface area contributed by atoms with Gasteiger partial charge >= 0.3 is 0 Å². The number of carbonyl (C=O) groups is 1. The highest BCUT2D eigenvalue weighted by atomic mass is 16.5. The minimum absolute atomic E-state index is 0.0113. The van der Waals surface area contributed by atoms with Crippen LogP contribution < -0.4 is 4.74 Å². The number of hydrogen-bond acceptors (Lipinski definition) is 5. The highest BCUT2D eigenvalue weighted by Gasteiger charge is 2.15. The largest absolute Gasteiger partial charge is 0.485 e. The molecule has 0 N–H and O–H groups in total. The molecule has 0 saturated carbocycles. The number of aromatic nitrogens is 5. The lowest BCUT2D eigenvalue weighted by atomic mass is 10.1. The summed E-state index contributed by atoms with van der Waals surface area (Å²) in [5.41, 5.74) is 3.47. The van der Waals surface area contributed by atoms with Crippen LogP contribution in [0.2, 0.25) is 0 Å². The van der Waals surface area contributed by atoms with Crippen molar-refractivity contribution in [1.82, 2.24) is 24.8 Å². The number of rotatable bonds is 7. The summed E-state index contributed by atoms with van der Waals surface area (Å²) < 4.78 is 9.22. The Balaban J connectivity index is 1.66. The average Bonchev–Trinajstić information content (AvgIpc) is 3.24. The van der Waals surface area contributed by atoms with Gasteiger partial charge in [0.05, 0.1) is 5.69 Å². The van der Waals surface area contributed by atoms with Crippen LogP contribution in [-0.4, -0.2) is 37.2 Å². The van der Waals surface area contributed by atoms with Crippen molar-refractivity contribution in [2.24, 2.45) is 0 Å². The molecular formula is C18H19N5O2. The van der Waals surface area contributed by atoms with E-state index in [0.29, 0.717) is 17.9 Å². The number of ketones is 1. The Morgan fingerprint density at radius 1 is 1.28 bits per heavy atom. The molecule has 0 aliphatic rings. The summed E-state index contributed by atoms with van der Waals surface area (Å²) in [6.45, 7) is 8.34. The maximum atomic E-state index is 12.5. The first-order chi connectivity index (χ1) is 12.1. The third-order valence-electron chi connectivity index (χ3n) is 4.01. The molecule has 2 aromatic heterocycles. The smallest absolute Gasteiger partial charge is 0.202 e. The Bertz CT molecular complexity index is 879. The lowest BCUT2D eigenvalue weighted by Crippen LogP contribution is -2.13. The number of carbonyl (C=O) groups excluding carboxylic acids is 1. The van der Waals surface area contributed by atoms with E-state index in [-0.39, 0.29) is 12.4 Å². The van der Waals surface area contributed by atoms with Crippen LogP contribution in [0, 0.1) is 13.8 Å². The standard InChI is InChI=1S/C18H19N5O2/c1-4-9-22-13(2)10-17(14(22)3)18(24)11-25-16-7-5-15(6-8-16)23-12-19-20-21-23/h4-8,10,12H,1,9,11H2,2-3H3. The van der Waals surface area contributed by atoms with Gasteiger partial charge in [-0.1, -0.05) is 6.08 Å². The third kappa shape index (κ3) is 3.50. The van der Waals surface area contributed by atoms with Gasteiger partial charge in [-0.05, 0) is 54.6 Å². The highest BCUT2D eigenvalue weighted by molar-refractivity contribution is 5.98. The van der Waals surface area contributed by atoms with Crippen molar-refractivity contribution in [1.29, 1.82) is 0 Å². The summed E-state index contributed by atoms with van der Waals surface area (Å²) >= 11 is 0. The maximum absolute atomic E-state index is 12.5. The van der Waals surface area contributed by atoms with Crippen LogP contribution in [0.3, 0.4) is 0 Å². The predicted octanol–water partition coefficient (Wildman–Crippen LogP) is 2.53. The van der Waals surface area contributed by atoms with Gasteiger partial charge in [0, 0.05) is 23.5 Å². The van der Waals surface area contributed by atoms with E-state index in [1.165, 1.54) is 6.33 Å². The fourth-order valence-corrected chi connectivity index (χ4v) is 2.69. The Hall–Kier alpha value is -3.22. The van der Waals surface area contributed by atoms with E-state index in [4.69, 9.17) is 4.74 Å². The number of tetrazole rings is 1. The van der Waals surface area contributed by atoms with E-state index in [1.807, 2.05) is 38.1 Å². The van der Waals surface area contributed by atoms with Crippen LogP contribution >= 0.6 is 0 Å². The fraction of sp³-hybridized carbons (Fsp3) is 0.222. The fourth-order valence-electron chi connectivity index (χ4n) is 2.69. The van der Waals surface area contributed by atoms with E-state index in [2.05, 4.69) is 26.7 Å². The van der Waals surface area contributed by atoms with E-state index in [9.17, 15) is 4.79 Å². The summed E-state index contributed by atoms with van der Waals surface area (Å²) in [4.78, 5) is 12.5. The number of ether oxygens (including phenoxy) is 1. The number of allylic oxidation sites excluding steroid dienone is 1. The minimum Gasteiger partial charge on any atom is -0.485 e. The Kier molecular flexibility index (Phi) is 4.74. The zero-order valence-electron chi connectivity index (χ0n) is 14.2. The molecule has 25 heavy (non-hydrogen) atoms. The second kappa shape index (κ2) is 7.12. The van der Waals surface area contributed by atoms with Crippen LogP contribution in [0.1, 0.15) is 21.7 Å². The van der Waals surface area contributed by atoms with Gasteiger partial charge in [-0.15, -0.1) is 11.7 Å². The summed E-state index contributed by atoms with van der Waals surface area (Å²) in [5, 5.41) is 11.0. The van der Waals surface area contributed by atoms with Crippen LogP contribution in [0.5, 0.6) is 5.75 Å². The quantitative estimate of drug-likeness (QED) is 0.489. The highest BCUT2D eigenvalue weighted by Crippen LogP contribution is 2.18. The summed E-state index contributed by atoms with van der Waals surface area (Å²) in [5.74, 6) is 0.568. The lowest BCUT2D eigenvalue weighted by Gasteiger charge is -2.08. The van der Waals surface area contributed by atoms with Crippen molar-refractivity contribution in [2.45, 2.75) is 20.4 Å². The molecule has 0 atom stereocenters. The number of nitrogens with zero attached hydrogens (tertiary/aromatic N) is 5. The molecular weight excluding hydrogens is 318 g/mol. The molecule has 0 spiro atoms. The average molecular weight is 337 g/mol. The first kappa shape index (κ1) is 16.6. The summed E-state index contributed by atoms with van der Waals surface area (Å²) in [7, 11) is 0. The van der Waals surface area contributed by atoms with Crippen molar-refractivity contribution in [2.75, 3.05) is 6.61 Å². The van der Waals surface area contributed by atoms with Gasteiger partial charge in [-0.3, -0.25) is 4.79 Å². The second-order valence-electron chi connectivity index (χ2n) is 5.64. The number of benzene rings is 1. The molecule has 1 aromatic carbocycles. The molecule has 128 valence electrons. The van der Waals surface area contributed by atoms with Gasteiger partial charge in [-0.2, -0.15) is 0 Å². The van der Waals surface area contributed by atoms with Crippen LogP contribution in [0.15, 0.2) is 49.3 Å². The van der Waals surface area contributed by atoms with Crippen molar-refractivity contribution >= 4 is 5.78 Å². The van der Waals surface area contributed by atoms with Gasteiger partial charge < -0.3 is 9.30 Å². The van der Waals surface area contributed by atoms with E-state index < -0.39 is 0 Å². The molecule has 0 saturated heterocycles. The monoisotopic (exact) mass is 337 g/mol. The molecule has 0 bridgehead atoms. The number of aryl methyl sites for hydroxylation is 1. The zero-order chi connectivity index (χ0) is 17.8. The topological polar surface area (TPSA) is 74.8 Å². The molecule has 7 nitrogen and oxygen atoms in total. The van der Waals surface area contributed by atoms with Crippen LogP contribution in [0.4, 0.5) is 0 Å². The minimum atomic E-state index is -0.0482. The molecule has 2 heterocycles. The molecule has 0 aliphatic heterocycles. The van der Waals surface area contributed by atoms with Crippen molar-refractivity contribution in [3.63, 3.8) is 0 Å². The molecule has 7 heteroatoms. The molecule has 3 rings (SSSR count). The Morgan fingerprint density at radius 3 is 2.68 bits per heavy atom. The molecule has 0 amide bonds. The summed E-state index contributed by atoms with van der Waals surface area (Å²) in [6, 6.07) is 9.11. The maximum Gasteiger partial charge on any atom is 0.202 e. The predicted molar refractivity (Wildman–Crippen MR) is 93.1 cm³/mol. The molecule has 0 unspecified atom stereocenters. The van der Waals surface area contributed by atoms with E-state index in [0.717, 1.165) is 17.1 Å². The molecule has 0 fully saturated rings. The second-order valence-corrected chi connectivity index (χ2v) is 5.64. The van der Waals surface area contributed by atoms with Crippen LogP contribution in [-0.2, 0) is 6.54 Å². The van der Waals surface area contributed by atoms with Gasteiger partial charge in [0.15, 0.2) is 6.61 Å². The first-order valence-electron chi connectivity index (χ1n) is 7.87. The van der Waals surface area contributed by atoms with Crippen LogP contribution in [0.25, 0.3) is 5.69 Å². The van der Waals surface area contributed by atoms with E-state index in [1.54, 1.807) is 16.8 Å². The Labute approximate surface area is 145 Å². The zero-order valence-corrected chi connectivity index (χ0v) is 14.2. The number of Topliss-reactive ketones (excluding diaryl/α,β-unsaturated/α-hetero) is 1. The normalized spacial score (nSPS) is 10.6. The molecule has 0 radical (unpaired) electrons. The van der Waals surface area contributed by atoms with Crippen molar-refractivity contribution in [3.8, 4) is 11.4 Å². The first-order valence-corrected chi connectivity index (χ1v) is 7.87. The lowest BCUT2D eigenvalue weighted by molar-refractivity contribution is 0.0921. The van der Waals surface area contributed by atoms with Gasteiger partial charge in [0.2, 0.25) is 5.78 Å². The Morgan fingerprint density at radius 2 is 2.04 bits per heavy atom. The van der Waals surface area contributed by atoms with Crippen molar-refractivity contribution in [3.05, 3.63) is 66.3 Å². The van der Waals surface area contributed by atoms with Gasteiger partial charge in [0.1, 0.15) is 12.1 Å². The van der Waals surface area contributed by atoms with Gasteiger partial charge in [0.25, 0.3) is 0 Å². The SMILES string of the molecule is C=CCn1c(C)cc(C(=O)COc2ccc(-n3cnnn3)cc2)c1C. The van der Waals surface area contributed by atoms with E-state index >= 15 is 0 Å². The van der Waals surface area contributed by atoms with Gasteiger partial charge in [-0.25, -0.2) is 4.68 Å². The van der Waals surface area contributed by atoms with Crippen molar-refractivity contribution < 1.29 is 9.53 Å². The number of hydrogen-bond donors (Lipinski definition) is 0. The third-order valence-corrected chi connectivity index (χ3v) is 4.01. The summed E-state index contributed by atoms with van der Waals surface area (Å²) in [6.07, 6.45) is 3.33.